The number of aliphatic hydroxyl groups is 1. The maximum Gasteiger partial charge on any atom is 0.170 e. The lowest BCUT2D eigenvalue weighted by Gasteiger charge is -2.29. The largest absolute Gasteiger partial charge is 0.396 e. The van der Waals surface area contributed by atoms with E-state index >= 15 is 0 Å². The van der Waals surface area contributed by atoms with E-state index in [0.29, 0.717) is 13.2 Å². The van der Waals surface area contributed by atoms with Gasteiger partial charge in [0.1, 0.15) is 0 Å². The third-order valence-corrected chi connectivity index (χ3v) is 2.32. The minimum atomic E-state index is -0.538. The first-order chi connectivity index (χ1) is 5.23. The molecule has 0 spiro atoms. The summed E-state index contributed by atoms with van der Waals surface area (Å²) in [4.78, 5) is 0. The summed E-state index contributed by atoms with van der Waals surface area (Å²) in [7, 11) is 0. The Labute approximate surface area is 67.3 Å². The Morgan fingerprint density at radius 2 is 2.00 bits per heavy atom. The van der Waals surface area contributed by atoms with Crippen molar-refractivity contribution in [1.29, 1.82) is 0 Å². The quantitative estimate of drug-likeness (QED) is 0.662. The average molecular weight is 160 g/mol. The lowest BCUT2D eigenvalue weighted by Crippen LogP contribution is -2.37. The summed E-state index contributed by atoms with van der Waals surface area (Å²) in [5.41, 5.74) is 0. The second-order valence-electron chi connectivity index (χ2n) is 3.00. The van der Waals surface area contributed by atoms with Gasteiger partial charge in [0.15, 0.2) is 5.79 Å². The highest BCUT2D eigenvalue weighted by Gasteiger charge is 2.38. The highest BCUT2D eigenvalue weighted by Crippen LogP contribution is 2.29. The Morgan fingerprint density at radius 3 is 2.36 bits per heavy atom. The van der Waals surface area contributed by atoms with E-state index < -0.39 is 5.79 Å². The molecule has 0 aromatic rings. The van der Waals surface area contributed by atoms with Crippen LogP contribution in [0.5, 0.6) is 0 Å². The summed E-state index contributed by atoms with van der Waals surface area (Å²) >= 11 is 0. The fourth-order valence-electron chi connectivity index (χ4n) is 1.43. The predicted molar refractivity (Wildman–Crippen MR) is 41.2 cm³/mol. The molecule has 0 aromatic heterocycles. The lowest BCUT2D eigenvalue weighted by molar-refractivity contribution is -0.189. The van der Waals surface area contributed by atoms with Gasteiger partial charge in [-0.1, -0.05) is 6.92 Å². The van der Waals surface area contributed by atoms with Gasteiger partial charge in [0.2, 0.25) is 0 Å². The molecule has 1 rings (SSSR count). The van der Waals surface area contributed by atoms with Gasteiger partial charge < -0.3 is 14.6 Å². The van der Waals surface area contributed by atoms with Crippen molar-refractivity contribution in [2.75, 3.05) is 19.8 Å². The van der Waals surface area contributed by atoms with Gasteiger partial charge in [-0.25, -0.2) is 0 Å². The summed E-state index contributed by atoms with van der Waals surface area (Å²) in [5, 5.41) is 8.99. The SMILES string of the molecule is CCC(CO)C1(C)OCCO1. The Balaban J connectivity index is 2.53. The molecule has 1 fully saturated rings. The maximum atomic E-state index is 8.99. The standard InChI is InChI=1S/C8H16O3/c1-3-7(6-9)8(2)10-4-5-11-8/h7,9H,3-6H2,1-2H3. The summed E-state index contributed by atoms with van der Waals surface area (Å²) in [6.45, 7) is 5.34. The van der Waals surface area contributed by atoms with Crippen LogP contribution in [0, 0.1) is 5.92 Å². The summed E-state index contributed by atoms with van der Waals surface area (Å²) in [6, 6.07) is 0. The zero-order chi connectivity index (χ0) is 8.32. The molecule has 1 N–H and O–H groups in total. The van der Waals surface area contributed by atoms with Gasteiger partial charge in [-0.3, -0.25) is 0 Å². The molecule has 0 aromatic carbocycles. The average Bonchev–Trinajstić information content (AvgIpc) is 2.39. The van der Waals surface area contributed by atoms with Crippen LogP contribution in [0.2, 0.25) is 0 Å². The molecule has 0 aliphatic carbocycles. The van der Waals surface area contributed by atoms with E-state index in [1.807, 2.05) is 13.8 Å². The number of aliphatic hydroxyl groups excluding tert-OH is 1. The molecule has 11 heavy (non-hydrogen) atoms. The van der Waals surface area contributed by atoms with Crippen LogP contribution in [-0.2, 0) is 9.47 Å². The maximum absolute atomic E-state index is 8.99. The number of hydrogen-bond acceptors (Lipinski definition) is 3. The second-order valence-corrected chi connectivity index (χ2v) is 3.00. The number of ether oxygens (including phenoxy) is 2. The molecule has 1 aliphatic rings. The normalized spacial score (nSPS) is 25.4. The van der Waals surface area contributed by atoms with E-state index in [9.17, 15) is 0 Å². The van der Waals surface area contributed by atoms with Crippen LogP contribution >= 0.6 is 0 Å². The minimum absolute atomic E-state index is 0.102. The third-order valence-electron chi connectivity index (χ3n) is 2.32. The molecule has 3 heteroatoms. The molecule has 66 valence electrons. The van der Waals surface area contributed by atoms with Gasteiger partial charge in [0, 0.05) is 5.92 Å². The van der Waals surface area contributed by atoms with Crippen LogP contribution in [0.3, 0.4) is 0 Å². The molecule has 1 aliphatic heterocycles. The Morgan fingerprint density at radius 1 is 1.45 bits per heavy atom. The van der Waals surface area contributed by atoms with Crippen molar-refractivity contribution in [3.63, 3.8) is 0 Å². The molecule has 1 unspecified atom stereocenters. The fourth-order valence-corrected chi connectivity index (χ4v) is 1.43. The molecule has 0 bridgehead atoms. The van der Waals surface area contributed by atoms with E-state index in [2.05, 4.69) is 0 Å². The van der Waals surface area contributed by atoms with Crippen LogP contribution in [0.15, 0.2) is 0 Å². The van der Waals surface area contributed by atoms with Crippen molar-refractivity contribution in [3.8, 4) is 0 Å². The summed E-state index contributed by atoms with van der Waals surface area (Å²) in [6.07, 6.45) is 0.882. The fraction of sp³-hybridized carbons (Fsp3) is 1.00. The zero-order valence-corrected chi connectivity index (χ0v) is 7.17. The first-order valence-electron chi connectivity index (χ1n) is 4.11. The second kappa shape index (κ2) is 3.52. The molecule has 3 nitrogen and oxygen atoms in total. The monoisotopic (exact) mass is 160 g/mol. The van der Waals surface area contributed by atoms with Gasteiger partial charge in [-0.2, -0.15) is 0 Å². The van der Waals surface area contributed by atoms with Gasteiger partial charge in [-0.15, -0.1) is 0 Å². The molecular formula is C8H16O3. The van der Waals surface area contributed by atoms with Crippen LogP contribution in [0.4, 0.5) is 0 Å². The van der Waals surface area contributed by atoms with Crippen molar-refractivity contribution in [2.45, 2.75) is 26.1 Å². The third kappa shape index (κ3) is 1.72. The van der Waals surface area contributed by atoms with Crippen LogP contribution in [0.1, 0.15) is 20.3 Å². The van der Waals surface area contributed by atoms with E-state index in [1.165, 1.54) is 0 Å². The molecular weight excluding hydrogens is 144 g/mol. The van der Waals surface area contributed by atoms with Crippen LogP contribution < -0.4 is 0 Å². The summed E-state index contributed by atoms with van der Waals surface area (Å²) < 4.78 is 10.8. The van der Waals surface area contributed by atoms with Crippen molar-refractivity contribution in [1.82, 2.24) is 0 Å². The van der Waals surface area contributed by atoms with E-state index in [0.717, 1.165) is 6.42 Å². The topological polar surface area (TPSA) is 38.7 Å². The Hall–Kier alpha value is -0.120. The molecule has 1 saturated heterocycles. The first-order valence-corrected chi connectivity index (χ1v) is 4.11. The van der Waals surface area contributed by atoms with Crippen LogP contribution in [-0.4, -0.2) is 30.7 Å². The van der Waals surface area contributed by atoms with Crippen molar-refractivity contribution >= 4 is 0 Å². The van der Waals surface area contributed by atoms with Gasteiger partial charge >= 0.3 is 0 Å². The first kappa shape index (κ1) is 8.97. The van der Waals surface area contributed by atoms with Crippen LogP contribution in [0.25, 0.3) is 0 Å². The van der Waals surface area contributed by atoms with Crippen molar-refractivity contribution < 1.29 is 14.6 Å². The highest BCUT2D eigenvalue weighted by atomic mass is 16.7. The number of rotatable bonds is 3. The smallest absolute Gasteiger partial charge is 0.170 e. The van der Waals surface area contributed by atoms with Gasteiger partial charge in [0.25, 0.3) is 0 Å². The molecule has 1 atom stereocenters. The Kier molecular flexibility index (Phi) is 2.87. The lowest BCUT2D eigenvalue weighted by atomic mass is 9.98. The zero-order valence-electron chi connectivity index (χ0n) is 7.17. The molecule has 0 amide bonds. The number of hydrogen-bond donors (Lipinski definition) is 1. The highest BCUT2D eigenvalue weighted by molar-refractivity contribution is 4.76. The van der Waals surface area contributed by atoms with Crippen molar-refractivity contribution in [2.24, 2.45) is 5.92 Å². The van der Waals surface area contributed by atoms with E-state index in [-0.39, 0.29) is 12.5 Å². The molecule has 0 saturated carbocycles. The Bertz CT molecular complexity index is 115. The molecule has 1 heterocycles. The van der Waals surface area contributed by atoms with E-state index in [4.69, 9.17) is 14.6 Å². The molecule has 0 radical (unpaired) electrons. The van der Waals surface area contributed by atoms with Gasteiger partial charge in [-0.05, 0) is 13.3 Å². The van der Waals surface area contributed by atoms with E-state index in [1.54, 1.807) is 0 Å². The predicted octanol–water partition coefficient (Wildman–Crippen LogP) is 0.768. The van der Waals surface area contributed by atoms with Crippen molar-refractivity contribution in [3.05, 3.63) is 0 Å². The van der Waals surface area contributed by atoms with Gasteiger partial charge in [0.05, 0.1) is 19.8 Å². The summed E-state index contributed by atoms with van der Waals surface area (Å²) in [5.74, 6) is -0.436. The minimum Gasteiger partial charge on any atom is -0.396 e.